The fraction of sp³-hybridized carbons (Fsp3) is 0.433. The van der Waals surface area contributed by atoms with Crippen molar-refractivity contribution >= 4 is 17.9 Å². The molecule has 1 aliphatic heterocycles. The maximum atomic E-state index is 14.1. The first-order chi connectivity index (χ1) is 18.5. The van der Waals surface area contributed by atoms with Crippen molar-refractivity contribution in [3.05, 3.63) is 65.7 Å². The van der Waals surface area contributed by atoms with Crippen LogP contribution in [0.15, 0.2) is 54.6 Å². The second-order valence-corrected chi connectivity index (χ2v) is 10.6. The summed E-state index contributed by atoms with van der Waals surface area (Å²) < 4.78 is 10.8. The van der Waals surface area contributed by atoms with Gasteiger partial charge in [0.25, 0.3) is 0 Å². The van der Waals surface area contributed by atoms with Crippen molar-refractivity contribution in [2.45, 2.75) is 51.9 Å². The van der Waals surface area contributed by atoms with Gasteiger partial charge in [0.1, 0.15) is 17.8 Å². The number of hydrogen-bond acceptors (Lipinski definition) is 6. The quantitative estimate of drug-likeness (QED) is 0.478. The molecule has 1 aliphatic rings. The van der Waals surface area contributed by atoms with Crippen LogP contribution in [-0.2, 0) is 20.9 Å². The number of para-hydroxylation sites is 1. The molecule has 9 heteroatoms. The molecule has 0 bridgehead atoms. The predicted octanol–water partition coefficient (Wildman–Crippen LogP) is 2.81. The number of methoxy groups -OCH3 is 1. The predicted molar refractivity (Wildman–Crippen MR) is 147 cm³/mol. The number of rotatable bonds is 9. The van der Waals surface area contributed by atoms with Crippen LogP contribution in [0.4, 0.5) is 4.79 Å². The van der Waals surface area contributed by atoms with E-state index in [0.717, 1.165) is 11.1 Å². The average molecular weight is 536 g/mol. The summed E-state index contributed by atoms with van der Waals surface area (Å²) in [5.41, 5.74) is 0.854. The number of likely N-dealkylation sites (tertiary alicyclic amines) is 1. The van der Waals surface area contributed by atoms with Crippen LogP contribution in [0.1, 0.15) is 38.3 Å². The molecule has 0 aliphatic carbocycles. The standard InChI is InChI=1S/C30H37N3O6/c1-6-21-12-14-22(15-13-21)19-31-27(35)25-18-23(34)20-33(25)28(36)26(30(2,3)4)32(16-17-38-5)29(37)39-24-10-8-7-9-11-24/h1,7-15,23,25-26,34H,16-20H2,2-5H3,(H,31,35)/t23-,25+,26-/m1/s1. The summed E-state index contributed by atoms with van der Waals surface area (Å²) in [7, 11) is 1.51. The monoisotopic (exact) mass is 535 g/mol. The number of aliphatic hydroxyl groups is 1. The first-order valence-corrected chi connectivity index (χ1v) is 12.9. The topological polar surface area (TPSA) is 108 Å². The summed E-state index contributed by atoms with van der Waals surface area (Å²) in [4.78, 5) is 43.4. The maximum absolute atomic E-state index is 14.1. The lowest BCUT2D eigenvalue weighted by molar-refractivity contribution is -0.145. The molecule has 1 fully saturated rings. The second kappa shape index (κ2) is 13.3. The molecule has 0 spiro atoms. The third-order valence-electron chi connectivity index (χ3n) is 6.54. The van der Waals surface area contributed by atoms with Crippen LogP contribution in [0.5, 0.6) is 5.75 Å². The van der Waals surface area contributed by atoms with E-state index in [1.165, 1.54) is 16.9 Å². The van der Waals surface area contributed by atoms with Crippen molar-refractivity contribution in [1.82, 2.24) is 15.1 Å². The largest absolute Gasteiger partial charge is 0.416 e. The minimum absolute atomic E-state index is 0.0216. The summed E-state index contributed by atoms with van der Waals surface area (Å²) in [6, 6.07) is 13.9. The molecule has 0 saturated carbocycles. The molecular weight excluding hydrogens is 498 g/mol. The number of β-amino-alcohol motifs (C(OH)–C–C–N with tert-alkyl or cyclic N) is 1. The highest BCUT2D eigenvalue weighted by atomic mass is 16.6. The SMILES string of the molecule is C#Cc1ccc(CNC(=O)[C@@H]2C[C@@H](O)CN2C(=O)[C@@H](N(CCOC)C(=O)Oc2ccccc2)C(C)(C)C)cc1. The first-order valence-electron chi connectivity index (χ1n) is 12.9. The van der Waals surface area contributed by atoms with Gasteiger partial charge in [-0.3, -0.25) is 14.5 Å². The van der Waals surface area contributed by atoms with Gasteiger partial charge in [-0.2, -0.15) is 0 Å². The molecule has 39 heavy (non-hydrogen) atoms. The Morgan fingerprint density at radius 1 is 1.15 bits per heavy atom. The van der Waals surface area contributed by atoms with Gasteiger partial charge in [0, 0.05) is 38.7 Å². The van der Waals surface area contributed by atoms with Gasteiger partial charge in [0.15, 0.2) is 0 Å². The Kier molecular flexibility index (Phi) is 10.1. The molecule has 3 rings (SSSR count). The Balaban J connectivity index is 1.82. The van der Waals surface area contributed by atoms with Gasteiger partial charge in [-0.25, -0.2) is 4.79 Å². The number of ether oxygens (including phenoxy) is 2. The number of nitrogens with zero attached hydrogens (tertiary/aromatic N) is 2. The number of nitrogens with one attached hydrogen (secondary N) is 1. The third kappa shape index (κ3) is 7.82. The number of terminal acetylenes is 1. The van der Waals surface area contributed by atoms with E-state index < -0.39 is 35.6 Å². The maximum Gasteiger partial charge on any atom is 0.416 e. The van der Waals surface area contributed by atoms with E-state index in [4.69, 9.17) is 15.9 Å². The third-order valence-corrected chi connectivity index (χ3v) is 6.54. The number of hydrogen-bond donors (Lipinski definition) is 2. The molecule has 0 unspecified atom stereocenters. The molecule has 1 saturated heterocycles. The van der Waals surface area contributed by atoms with Crippen molar-refractivity contribution in [3.8, 4) is 18.1 Å². The minimum atomic E-state index is -0.985. The fourth-order valence-electron chi connectivity index (χ4n) is 4.62. The van der Waals surface area contributed by atoms with E-state index in [0.29, 0.717) is 5.75 Å². The zero-order valence-electron chi connectivity index (χ0n) is 22.9. The van der Waals surface area contributed by atoms with Gasteiger partial charge in [0.05, 0.1) is 12.7 Å². The Hall–Kier alpha value is -3.87. The molecule has 2 aromatic carbocycles. The van der Waals surface area contributed by atoms with Gasteiger partial charge in [-0.05, 0) is 35.2 Å². The molecule has 3 amide bonds. The molecule has 1 heterocycles. The summed E-state index contributed by atoms with van der Waals surface area (Å²) in [6.45, 7) is 6.01. The zero-order chi connectivity index (χ0) is 28.6. The van der Waals surface area contributed by atoms with E-state index in [2.05, 4.69) is 11.2 Å². The highest BCUT2D eigenvalue weighted by molar-refractivity contribution is 5.92. The highest BCUT2D eigenvalue weighted by Crippen LogP contribution is 2.30. The second-order valence-electron chi connectivity index (χ2n) is 10.6. The molecule has 3 atom stereocenters. The van der Waals surface area contributed by atoms with Crippen molar-refractivity contribution in [1.29, 1.82) is 0 Å². The van der Waals surface area contributed by atoms with Crippen LogP contribution >= 0.6 is 0 Å². The molecule has 0 radical (unpaired) electrons. The summed E-state index contributed by atoms with van der Waals surface area (Å²) >= 11 is 0. The summed E-state index contributed by atoms with van der Waals surface area (Å²) in [5.74, 6) is 2.06. The number of aliphatic hydroxyl groups excluding tert-OH is 1. The molecule has 208 valence electrons. The van der Waals surface area contributed by atoms with Crippen LogP contribution in [0.25, 0.3) is 0 Å². The van der Waals surface area contributed by atoms with Gasteiger partial charge < -0.3 is 24.8 Å². The van der Waals surface area contributed by atoms with Crippen LogP contribution in [0, 0.1) is 17.8 Å². The number of carbonyl (C=O) groups is 3. The molecular formula is C30H37N3O6. The van der Waals surface area contributed by atoms with E-state index in [1.54, 1.807) is 42.5 Å². The molecule has 9 nitrogen and oxygen atoms in total. The lowest BCUT2D eigenvalue weighted by Crippen LogP contribution is -2.60. The van der Waals surface area contributed by atoms with Crippen LogP contribution < -0.4 is 10.1 Å². The van der Waals surface area contributed by atoms with Gasteiger partial charge in [-0.15, -0.1) is 6.42 Å². The Morgan fingerprint density at radius 2 is 1.82 bits per heavy atom. The Labute approximate surface area is 230 Å². The molecule has 0 aromatic heterocycles. The number of benzene rings is 2. The lowest BCUT2D eigenvalue weighted by Gasteiger charge is -2.41. The average Bonchev–Trinajstić information content (AvgIpc) is 3.31. The number of carbonyl (C=O) groups excluding carboxylic acids is 3. The van der Waals surface area contributed by atoms with Gasteiger partial charge in [-0.1, -0.05) is 57.0 Å². The Bertz CT molecular complexity index is 1170. The molecule has 2 N–H and O–H groups in total. The highest BCUT2D eigenvalue weighted by Gasteiger charge is 2.47. The number of amides is 3. The normalized spacial score (nSPS) is 17.7. The van der Waals surface area contributed by atoms with Crippen molar-refractivity contribution in [2.24, 2.45) is 5.41 Å². The van der Waals surface area contributed by atoms with E-state index in [1.807, 2.05) is 32.9 Å². The van der Waals surface area contributed by atoms with E-state index in [9.17, 15) is 19.5 Å². The summed E-state index contributed by atoms with van der Waals surface area (Å²) in [6.07, 6.45) is 3.92. The van der Waals surface area contributed by atoms with Crippen molar-refractivity contribution in [2.75, 3.05) is 26.8 Å². The van der Waals surface area contributed by atoms with Crippen LogP contribution in [0.3, 0.4) is 0 Å². The van der Waals surface area contributed by atoms with Gasteiger partial charge in [0.2, 0.25) is 11.8 Å². The first kappa shape index (κ1) is 29.7. The smallest absolute Gasteiger partial charge is 0.410 e. The van der Waals surface area contributed by atoms with Gasteiger partial charge >= 0.3 is 6.09 Å². The minimum Gasteiger partial charge on any atom is -0.410 e. The van der Waals surface area contributed by atoms with E-state index in [-0.39, 0.29) is 38.6 Å². The van der Waals surface area contributed by atoms with Crippen LogP contribution in [-0.4, -0.2) is 77.8 Å². The molecule has 2 aromatic rings. The van der Waals surface area contributed by atoms with E-state index >= 15 is 0 Å². The lowest BCUT2D eigenvalue weighted by atomic mass is 9.84. The zero-order valence-corrected chi connectivity index (χ0v) is 22.9. The Morgan fingerprint density at radius 3 is 2.41 bits per heavy atom. The summed E-state index contributed by atoms with van der Waals surface area (Å²) in [5, 5.41) is 13.3. The van der Waals surface area contributed by atoms with Crippen LogP contribution in [0.2, 0.25) is 0 Å². The van der Waals surface area contributed by atoms with Crippen molar-refractivity contribution < 1.29 is 29.0 Å². The fourth-order valence-corrected chi connectivity index (χ4v) is 4.62. The van der Waals surface area contributed by atoms with Crippen molar-refractivity contribution in [3.63, 3.8) is 0 Å².